The number of hydrogen-bond donors (Lipinski definition) is 0. The van der Waals surface area contributed by atoms with E-state index in [0.717, 1.165) is 17.1 Å². The van der Waals surface area contributed by atoms with Crippen LogP contribution in [-0.2, 0) is 4.74 Å². The van der Waals surface area contributed by atoms with E-state index in [9.17, 15) is 4.79 Å². The maximum absolute atomic E-state index is 12.1. The topological polar surface area (TPSA) is 44.1 Å². The summed E-state index contributed by atoms with van der Waals surface area (Å²) in [6.07, 6.45) is 0. The zero-order valence-electron chi connectivity index (χ0n) is 11.7. The van der Waals surface area contributed by atoms with E-state index in [1.807, 2.05) is 49.6 Å². The summed E-state index contributed by atoms with van der Waals surface area (Å²) in [5.74, 6) is 0.452. The highest BCUT2D eigenvalue weighted by atomic mass is 16.5. The second-order valence-electron chi connectivity index (χ2n) is 4.49. The van der Waals surface area contributed by atoms with E-state index < -0.39 is 0 Å². The Bertz CT molecular complexity index is 615. The van der Waals surface area contributed by atoms with Crippen LogP contribution >= 0.6 is 0 Å². The number of carbonyl (C=O) groups excluding carboxylic acids is 1. The van der Waals surface area contributed by atoms with E-state index in [2.05, 4.69) is 4.98 Å². The lowest BCUT2D eigenvalue weighted by atomic mass is 10.2. The van der Waals surface area contributed by atoms with Crippen LogP contribution < -0.4 is 0 Å². The zero-order chi connectivity index (χ0) is 14.0. The molecule has 2 aromatic rings. The lowest BCUT2D eigenvalue weighted by Gasteiger charge is -2.10. The summed E-state index contributed by atoms with van der Waals surface area (Å²) >= 11 is 0. The first-order valence-electron chi connectivity index (χ1n) is 6.34. The average molecular weight is 258 g/mol. The van der Waals surface area contributed by atoms with Gasteiger partial charge in [-0.2, -0.15) is 0 Å². The normalized spacial score (nSPS) is 10.5. The molecule has 0 bridgehead atoms. The Hall–Kier alpha value is -2.10. The van der Waals surface area contributed by atoms with Crippen molar-refractivity contribution in [2.75, 3.05) is 6.61 Å². The van der Waals surface area contributed by atoms with Gasteiger partial charge < -0.3 is 4.74 Å². The molecule has 19 heavy (non-hydrogen) atoms. The van der Waals surface area contributed by atoms with Crippen molar-refractivity contribution in [3.05, 3.63) is 47.0 Å². The van der Waals surface area contributed by atoms with Gasteiger partial charge in [-0.3, -0.25) is 4.57 Å². The highest BCUT2D eigenvalue weighted by Crippen LogP contribution is 2.19. The van der Waals surface area contributed by atoms with Crippen molar-refractivity contribution in [2.24, 2.45) is 0 Å². The second kappa shape index (κ2) is 5.26. The molecule has 1 heterocycles. The number of aromatic nitrogens is 2. The predicted octanol–water partition coefficient (Wildman–Crippen LogP) is 2.97. The number of hydrogen-bond acceptors (Lipinski definition) is 3. The molecule has 2 rings (SSSR count). The van der Waals surface area contributed by atoms with Gasteiger partial charge in [0.25, 0.3) is 0 Å². The number of imidazole rings is 1. The van der Waals surface area contributed by atoms with Crippen LogP contribution in [0.5, 0.6) is 0 Å². The number of esters is 1. The molecule has 0 spiro atoms. The summed E-state index contributed by atoms with van der Waals surface area (Å²) in [4.78, 5) is 16.5. The minimum absolute atomic E-state index is 0.331. The van der Waals surface area contributed by atoms with Crippen molar-refractivity contribution in [3.63, 3.8) is 0 Å². The number of rotatable bonds is 3. The molecule has 0 saturated carbocycles. The van der Waals surface area contributed by atoms with Crippen molar-refractivity contribution >= 4 is 5.97 Å². The Balaban J connectivity index is 2.59. The summed E-state index contributed by atoms with van der Waals surface area (Å²) < 4.78 is 6.96. The summed E-state index contributed by atoms with van der Waals surface area (Å²) in [5.41, 5.74) is 3.27. The van der Waals surface area contributed by atoms with Crippen LogP contribution in [0.4, 0.5) is 0 Å². The van der Waals surface area contributed by atoms with E-state index >= 15 is 0 Å². The molecule has 1 aromatic carbocycles. The van der Waals surface area contributed by atoms with E-state index in [1.165, 1.54) is 0 Å². The predicted molar refractivity (Wildman–Crippen MR) is 73.7 cm³/mol. The Morgan fingerprint density at radius 3 is 2.68 bits per heavy atom. The monoisotopic (exact) mass is 258 g/mol. The zero-order valence-corrected chi connectivity index (χ0v) is 11.7. The van der Waals surface area contributed by atoms with Crippen LogP contribution in [0.3, 0.4) is 0 Å². The van der Waals surface area contributed by atoms with Crippen LogP contribution in [0.25, 0.3) is 5.69 Å². The Morgan fingerprint density at radius 2 is 2.05 bits per heavy atom. The third-order valence-electron chi connectivity index (χ3n) is 2.95. The second-order valence-corrected chi connectivity index (χ2v) is 4.49. The summed E-state index contributed by atoms with van der Waals surface area (Å²) in [6.45, 7) is 7.89. The molecule has 0 atom stereocenters. The fraction of sp³-hybridized carbons (Fsp3) is 0.333. The molecule has 0 radical (unpaired) electrons. The molecule has 1 aromatic heterocycles. The molecule has 0 N–H and O–H groups in total. The Labute approximate surface area is 113 Å². The van der Waals surface area contributed by atoms with Gasteiger partial charge in [0.2, 0.25) is 0 Å². The summed E-state index contributed by atoms with van der Waals surface area (Å²) in [7, 11) is 0. The molecule has 0 fully saturated rings. The molecule has 4 heteroatoms. The first-order valence-corrected chi connectivity index (χ1v) is 6.34. The van der Waals surface area contributed by atoms with E-state index in [1.54, 1.807) is 6.92 Å². The number of nitrogens with zero attached hydrogens (tertiary/aromatic N) is 2. The van der Waals surface area contributed by atoms with Gasteiger partial charge in [0.05, 0.1) is 12.3 Å². The van der Waals surface area contributed by atoms with Crippen LogP contribution in [0.2, 0.25) is 0 Å². The first kappa shape index (κ1) is 13.3. The molecule has 0 aliphatic carbocycles. The van der Waals surface area contributed by atoms with E-state index in [-0.39, 0.29) is 5.97 Å². The third-order valence-corrected chi connectivity index (χ3v) is 2.95. The van der Waals surface area contributed by atoms with Crippen molar-refractivity contribution < 1.29 is 9.53 Å². The summed E-state index contributed by atoms with van der Waals surface area (Å²) in [6, 6.07) is 7.97. The molecule has 0 amide bonds. The number of benzene rings is 1. The molecule has 4 nitrogen and oxygen atoms in total. The largest absolute Gasteiger partial charge is 0.461 e. The van der Waals surface area contributed by atoms with Crippen molar-refractivity contribution in [1.29, 1.82) is 0 Å². The molecule has 0 unspecified atom stereocenters. The highest BCUT2D eigenvalue weighted by Gasteiger charge is 2.20. The number of ether oxygens (including phenoxy) is 1. The molecule has 0 aliphatic rings. The Kier molecular flexibility index (Phi) is 3.69. The van der Waals surface area contributed by atoms with Gasteiger partial charge in [0.1, 0.15) is 5.82 Å². The van der Waals surface area contributed by atoms with Gasteiger partial charge in [0, 0.05) is 5.69 Å². The lowest BCUT2D eigenvalue weighted by Crippen LogP contribution is -2.13. The third kappa shape index (κ3) is 2.52. The van der Waals surface area contributed by atoms with E-state index in [4.69, 9.17) is 4.74 Å². The maximum Gasteiger partial charge on any atom is 0.357 e. The fourth-order valence-corrected chi connectivity index (χ4v) is 2.19. The van der Waals surface area contributed by atoms with Crippen LogP contribution in [0.15, 0.2) is 24.3 Å². The molecule has 0 saturated heterocycles. The van der Waals surface area contributed by atoms with E-state index in [0.29, 0.717) is 18.0 Å². The van der Waals surface area contributed by atoms with Crippen molar-refractivity contribution in [3.8, 4) is 5.69 Å². The van der Waals surface area contributed by atoms with Gasteiger partial charge in [-0.1, -0.05) is 12.1 Å². The minimum atomic E-state index is -0.331. The molecular weight excluding hydrogens is 240 g/mol. The van der Waals surface area contributed by atoms with Gasteiger partial charge in [0.15, 0.2) is 5.69 Å². The quantitative estimate of drug-likeness (QED) is 0.795. The van der Waals surface area contributed by atoms with Gasteiger partial charge in [-0.05, 0) is 45.4 Å². The van der Waals surface area contributed by atoms with Crippen molar-refractivity contribution in [2.45, 2.75) is 27.7 Å². The van der Waals surface area contributed by atoms with Gasteiger partial charge >= 0.3 is 5.97 Å². The molecular formula is C15H18N2O2. The first-order chi connectivity index (χ1) is 9.04. The summed E-state index contributed by atoms with van der Waals surface area (Å²) in [5, 5.41) is 0. The maximum atomic E-state index is 12.1. The average Bonchev–Trinajstić information content (AvgIpc) is 2.64. The van der Waals surface area contributed by atoms with Crippen LogP contribution in [-0.4, -0.2) is 22.1 Å². The van der Waals surface area contributed by atoms with Crippen LogP contribution in [0, 0.1) is 20.8 Å². The smallest absolute Gasteiger partial charge is 0.357 e. The standard InChI is InChI=1S/C15H18N2O2/c1-5-19-15(18)14-11(3)16-12(4)17(14)13-8-6-7-10(2)9-13/h6-9H,5H2,1-4H3. The van der Waals surface area contributed by atoms with Gasteiger partial charge in [-0.25, -0.2) is 9.78 Å². The SMILES string of the molecule is CCOC(=O)c1c(C)nc(C)n1-c1cccc(C)c1. The fourth-order valence-electron chi connectivity index (χ4n) is 2.19. The van der Waals surface area contributed by atoms with Crippen LogP contribution in [0.1, 0.15) is 34.5 Å². The number of carbonyl (C=O) groups is 1. The van der Waals surface area contributed by atoms with Gasteiger partial charge in [-0.15, -0.1) is 0 Å². The highest BCUT2D eigenvalue weighted by molar-refractivity contribution is 5.89. The Morgan fingerprint density at radius 1 is 1.32 bits per heavy atom. The lowest BCUT2D eigenvalue weighted by molar-refractivity contribution is 0.0516. The molecule has 0 aliphatic heterocycles. The molecule has 100 valence electrons. The number of aryl methyl sites for hydroxylation is 3. The minimum Gasteiger partial charge on any atom is -0.461 e. The van der Waals surface area contributed by atoms with Crippen molar-refractivity contribution in [1.82, 2.24) is 9.55 Å².